The molecule has 1 aliphatic carbocycles. The molecule has 0 radical (unpaired) electrons. The summed E-state index contributed by atoms with van der Waals surface area (Å²) in [5.74, 6) is 1.95. The summed E-state index contributed by atoms with van der Waals surface area (Å²) in [6, 6.07) is 0. The van der Waals surface area contributed by atoms with E-state index in [-0.39, 0.29) is 37.1 Å². The fraction of sp³-hybridized carbons (Fsp3) is 1.00. The van der Waals surface area contributed by atoms with Gasteiger partial charge in [0.1, 0.15) is 0 Å². The summed E-state index contributed by atoms with van der Waals surface area (Å²) in [5.41, 5.74) is 0. The standard InChI is InChI=1S/C10H20O.Na.H/c1-7(2)9-5-4-8(3)6-10(9)11;;/h7-11H,4-6H2,1-3H3;;/q;+1;-1/t8-,9+,10-;;/m1../s1. The van der Waals surface area contributed by atoms with Crippen LogP contribution >= 0.6 is 0 Å². The van der Waals surface area contributed by atoms with Gasteiger partial charge in [-0.05, 0) is 30.6 Å². The van der Waals surface area contributed by atoms with Crippen LogP contribution in [0.15, 0.2) is 0 Å². The van der Waals surface area contributed by atoms with Gasteiger partial charge in [-0.3, -0.25) is 0 Å². The second-order valence-corrected chi connectivity index (χ2v) is 4.39. The Bertz CT molecular complexity index is 130. The number of aliphatic hydroxyl groups is 1. The van der Waals surface area contributed by atoms with Gasteiger partial charge in [-0.25, -0.2) is 0 Å². The van der Waals surface area contributed by atoms with Crippen molar-refractivity contribution in [1.82, 2.24) is 0 Å². The van der Waals surface area contributed by atoms with E-state index in [0.29, 0.717) is 11.8 Å². The summed E-state index contributed by atoms with van der Waals surface area (Å²) in [4.78, 5) is 0. The monoisotopic (exact) mass is 180 g/mol. The summed E-state index contributed by atoms with van der Waals surface area (Å²) in [7, 11) is 0. The molecule has 1 N–H and O–H groups in total. The molecule has 1 aliphatic rings. The van der Waals surface area contributed by atoms with Crippen molar-refractivity contribution in [2.75, 3.05) is 0 Å². The summed E-state index contributed by atoms with van der Waals surface area (Å²) < 4.78 is 0. The molecule has 0 aromatic carbocycles. The SMILES string of the molecule is CC(C)[C@@H]1CC[C@@H](C)C[C@H]1O.[H-].[Na+]. The summed E-state index contributed by atoms with van der Waals surface area (Å²) in [6.45, 7) is 6.66. The van der Waals surface area contributed by atoms with Crippen molar-refractivity contribution >= 4 is 0 Å². The van der Waals surface area contributed by atoms with Crippen LogP contribution in [0.4, 0.5) is 0 Å². The Labute approximate surface area is 99.7 Å². The molecule has 12 heavy (non-hydrogen) atoms. The van der Waals surface area contributed by atoms with Crippen molar-refractivity contribution in [1.29, 1.82) is 0 Å². The van der Waals surface area contributed by atoms with Crippen molar-refractivity contribution in [2.45, 2.75) is 46.1 Å². The molecule has 0 heterocycles. The molecule has 1 fully saturated rings. The van der Waals surface area contributed by atoms with E-state index in [9.17, 15) is 5.11 Å². The van der Waals surface area contributed by atoms with Crippen molar-refractivity contribution in [3.63, 3.8) is 0 Å². The van der Waals surface area contributed by atoms with Gasteiger partial charge in [0.2, 0.25) is 0 Å². The summed E-state index contributed by atoms with van der Waals surface area (Å²) in [5, 5.41) is 9.71. The Morgan fingerprint density at radius 1 is 1.33 bits per heavy atom. The van der Waals surface area contributed by atoms with Crippen molar-refractivity contribution in [3.8, 4) is 0 Å². The van der Waals surface area contributed by atoms with Gasteiger partial charge in [-0.1, -0.05) is 27.2 Å². The van der Waals surface area contributed by atoms with Gasteiger partial charge in [0.25, 0.3) is 0 Å². The van der Waals surface area contributed by atoms with Gasteiger partial charge < -0.3 is 6.53 Å². The Morgan fingerprint density at radius 2 is 1.92 bits per heavy atom. The maximum Gasteiger partial charge on any atom is 1.00 e. The van der Waals surface area contributed by atoms with E-state index in [1.165, 1.54) is 12.8 Å². The van der Waals surface area contributed by atoms with Gasteiger partial charge in [-0.15, -0.1) is 0 Å². The van der Waals surface area contributed by atoms with E-state index in [4.69, 9.17) is 0 Å². The zero-order valence-electron chi connectivity index (χ0n) is 9.88. The predicted octanol–water partition coefficient (Wildman–Crippen LogP) is -0.444. The fourth-order valence-corrected chi connectivity index (χ4v) is 2.15. The molecule has 3 atom stereocenters. The van der Waals surface area contributed by atoms with Crippen molar-refractivity contribution in [2.24, 2.45) is 17.8 Å². The van der Waals surface area contributed by atoms with E-state index in [1.54, 1.807) is 0 Å². The minimum absolute atomic E-state index is 0. The van der Waals surface area contributed by atoms with Crippen LogP contribution in [-0.2, 0) is 0 Å². The fourth-order valence-electron chi connectivity index (χ4n) is 2.15. The number of hydrogen-bond acceptors (Lipinski definition) is 1. The van der Waals surface area contributed by atoms with E-state index < -0.39 is 0 Å². The van der Waals surface area contributed by atoms with Crippen molar-refractivity contribution < 1.29 is 36.1 Å². The third kappa shape index (κ3) is 3.37. The van der Waals surface area contributed by atoms with E-state index in [0.717, 1.165) is 12.3 Å². The zero-order chi connectivity index (χ0) is 8.43. The van der Waals surface area contributed by atoms with E-state index in [1.807, 2.05) is 0 Å². The molecule has 0 bridgehead atoms. The first-order valence-corrected chi connectivity index (χ1v) is 4.79. The van der Waals surface area contributed by atoms with E-state index >= 15 is 0 Å². The molecule has 0 aromatic rings. The molecular formula is C10H21NaO. The summed E-state index contributed by atoms with van der Waals surface area (Å²) >= 11 is 0. The number of rotatable bonds is 1. The molecule has 2 heteroatoms. The van der Waals surface area contributed by atoms with Crippen molar-refractivity contribution in [3.05, 3.63) is 0 Å². The number of hydrogen-bond donors (Lipinski definition) is 1. The molecule has 1 saturated carbocycles. The zero-order valence-corrected chi connectivity index (χ0v) is 10.9. The molecular weight excluding hydrogens is 159 g/mol. The normalized spacial score (nSPS) is 36.2. The van der Waals surface area contributed by atoms with Crippen LogP contribution < -0.4 is 29.6 Å². The Balaban J connectivity index is 0. The largest absolute Gasteiger partial charge is 1.00 e. The maximum atomic E-state index is 9.71. The summed E-state index contributed by atoms with van der Waals surface area (Å²) in [6.07, 6.45) is 3.52. The number of aliphatic hydroxyl groups excluding tert-OH is 1. The first kappa shape index (κ1) is 13.0. The second-order valence-electron chi connectivity index (χ2n) is 4.39. The van der Waals surface area contributed by atoms with Gasteiger partial charge in [-0.2, -0.15) is 0 Å². The quantitative estimate of drug-likeness (QED) is 0.542. The van der Waals surface area contributed by atoms with Crippen LogP contribution in [0.25, 0.3) is 0 Å². The first-order chi connectivity index (χ1) is 5.11. The third-order valence-electron chi connectivity index (χ3n) is 2.99. The average Bonchev–Trinajstić information content (AvgIpc) is 1.85. The molecule has 0 aliphatic heterocycles. The van der Waals surface area contributed by atoms with Gasteiger partial charge in [0, 0.05) is 0 Å². The molecule has 1 nitrogen and oxygen atoms in total. The van der Waals surface area contributed by atoms with Crippen LogP contribution in [0.3, 0.4) is 0 Å². The minimum Gasteiger partial charge on any atom is -1.00 e. The molecule has 0 aromatic heterocycles. The van der Waals surface area contributed by atoms with Crippen LogP contribution in [0.2, 0.25) is 0 Å². The molecule has 1 rings (SSSR count). The van der Waals surface area contributed by atoms with E-state index in [2.05, 4.69) is 20.8 Å². The first-order valence-electron chi connectivity index (χ1n) is 4.79. The average molecular weight is 180 g/mol. The van der Waals surface area contributed by atoms with Gasteiger partial charge in [0.05, 0.1) is 6.10 Å². The Morgan fingerprint density at radius 3 is 2.33 bits per heavy atom. The molecule has 0 amide bonds. The molecule has 68 valence electrons. The van der Waals surface area contributed by atoms with Gasteiger partial charge >= 0.3 is 29.6 Å². The second kappa shape index (κ2) is 5.64. The molecule has 0 unspecified atom stereocenters. The van der Waals surface area contributed by atoms with Crippen LogP contribution in [0, 0.1) is 17.8 Å². The Hall–Kier alpha value is 0.960. The minimum atomic E-state index is -0.0289. The smallest absolute Gasteiger partial charge is 1.00 e. The van der Waals surface area contributed by atoms with Crippen LogP contribution in [0.5, 0.6) is 0 Å². The van der Waals surface area contributed by atoms with Gasteiger partial charge in [0.15, 0.2) is 0 Å². The Kier molecular flexibility index (Phi) is 6.09. The topological polar surface area (TPSA) is 20.2 Å². The van der Waals surface area contributed by atoms with Crippen LogP contribution in [-0.4, -0.2) is 11.2 Å². The third-order valence-corrected chi connectivity index (χ3v) is 2.99. The molecule has 0 spiro atoms. The van der Waals surface area contributed by atoms with Crippen LogP contribution in [0.1, 0.15) is 41.5 Å². The maximum absolute atomic E-state index is 9.71. The molecule has 0 saturated heterocycles. The predicted molar refractivity (Wildman–Crippen MR) is 48.5 cm³/mol.